The van der Waals surface area contributed by atoms with Crippen LogP contribution in [0.15, 0.2) is 22.6 Å². The van der Waals surface area contributed by atoms with Gasteiger partial charge in [-0.3, -0.25) is 9.59 Å². The molecule has 0 saturated heterocycles. The van der Waals surface area contributed by atoms with E-state index in [1.165, 1.54) is 4.90 Å². The van der Waals surface area contributed by atoms with E-state index < -0.39 is 11.8 Å². The molecule has 0 radical (unpaired) electrons. The number of likely N-dealkylation sites (N-methyl/N-ethyl adjacent to an activating group) is 1. The number of hydrogen-bond donors (Lipinski definition) is 1. The molecule has 0 bridgehead atoms. The van der Waals surface area contributed by atoms with Crippen LogP contribution in [-0.2, 0) is 16.0 Å². The van der Waals surface area contributed by atoms with E-state index in [2.05, 4.69) is 4.98 Å². The Morgan fingerprint density at radius 2 is 2.16 bits per heavy atom. The number of benzene rings is 1. The number of hydrogen-bond acceptors (Lipinski definition) is 4. The van der Waals surface area contributed by atoms with E-state index in [4.69, 9.17) is 10.2 Å². The average molecular weight is 261 g/mol. The van der Waals surface area contributed by atoms with E-state index in [0.717, 1.165) is 16.7 Å². The highest BCUT2D eigenvalue weighted by Crippen LogP contribution is 2.17. The van der Waals surface area contributed by atoms with Crippen LogP contribution in [-0.4, -0.2) is 35.3 Å². The molecule has 2 N–H and O–H groups in total. The normalized spacial score (nSPS) is 10.6. The Labute approximate surface area is 110 Å². The van der Waals surface area contributed by atoms with Gasteiger partial charge in [-0.05, 0) is 24.1 Å². The van der Waals surface area contributed by atoms with Gasteiger partial charge in [0.25, 0.3) is 0 Å². The standard InChI is InChI=1S/C13H15N3O3/c1-8-15-10-4-3-9(7-11(10)19-8)5-6-16(2)13(18)12(14)17/h3-4,7H,5-6H2,1-2H3,(H2,14,17). The Morgan fingerprint density at radius 1 is 1.42 bits per heavy atom. The van der Waals surface area contributed by atoms with Gasteiger partial charge in [0.1, 0.15) is 5.52 Å². The fourth-order valence-corrected chi connectivity index (χ4v) is 1.83. The fraction of sp³-hybridized carbons (Fsp3) is 0.308. The van der Waals surface area contributed by atoms with E-state index in [-0.39, 0.29) is 0 Å². The number of amides is 2. The number of nitrogens with two attached hydrogens (primary N) is 1. The molecular weight excluding hydrogens is 246 g/mol. The predicted molar refractivity (Wildman–Crippen MR) is 69.3 cm³/mol. The van der Waals surface area contributed by atoms with Crippen LogP contribution in [0, 0.1) is 6.92 Å². The molecule has 0 aliphatic carbocycles. The first-order valence-electron chi connectivity index (χ1n) is 5.88. The zero-order valence-corrected chi connectivity index (χ0v) is 10.8. The number of aryl methyl sites for hydroxylation is 1. The number of fused-ring (bicyclic) bond motifs is 1. The Kier molecular flexibility index (Phi) is 3.50. The lowest BCUT2D eigenvalue weighted by atomic mass is 10.1. The lowest BCUT2D eigenvalue weighted by Gasteiger charge is -2.14. The number of oxazole rings is 1. The third kappa shape index (κ3) is 2.90. The Balaban J connectivity index is 2.05. The molecule has 6 nitrogen and oxygen atoms in total. The number of primary amides is 1. The van der Waals surface area contributed by atoms with Crippen molar-refractivity contribution in [2.75, 3.05) is 13.6 Å². The van der Waals surface area contributed by atoms with Gasteiger partial charge in [0.2, 0.25) is 0 Å². The van der Waals surface area contributed by atoms with Crippen LogP contribution in [0.1, 0.15) is 11.5 Å². The molecule has 1 aromatic carbocycles. The lowest BCUT2D eigenvalue weighted by Crippen LogP contribution is -2.38. The highest BCUT2D eigenvalue weighted by atomic mass is 16.3. The summed E-state index contributed by atoms with van der Waals surface area (Å²) in [5.74, 6) is -1.01. The third-order valence-electron chi connectivity index (χ3n) is 2.85. The zero-order valence-electron chi connectivity index (χ0n) is 10.8. The van der Waals surface area contributed by atoms with Gasteiger partial charge >= 0.3 is 11.8 Å². The van der Waals surface area contributed by atoms with Crippen LogP contribution < -0.4 is 5.73 Å². The molecule has 1 heterocycles. The summed E-state index contributed by atoms with van der Waals surface area (Å²) in [6.07, 6.45) is 0.616. The maximum Gasteiger partial charge on any atom is 0.311 e. The van der Waals surface area contributed by atoms with Crippen LogP contribution in [0.3, 0.4) is 0 Å². The number of nitrogens with zero attached hydrogens (tertiary/aromatic N) is 2. The van der Waals surface area contributed by atoms with Gasteiger partial charge in [-0.15, -0.1) is 0 Å². The van der Waals surface area contributed by atoms with Gasteiger partial charge in [-0.2, -0.15) is 0 Å². The largest absolute Gasteiger partial charge is 0.441 e. The molecule has 0 atom stereocenters. The smallest absolute Gasteiger partial charge is 0.311 e. The molecule has 0 unspecified atom stereocenters. The zero-order chi connectivity index (χ0) is 14.0. The fourth-order valence-electron chi connectivity index (χ4n) is 1.83. The minimum atomic E-state index is -0.941. The Morgan fingerprint density at radius 3 is 2.84 bits per heavy atom. The number of aromatic nitrogens is 1. The van der Waals surface area contributed by atoms with Crippen LogP contribution in [0.5, 0.6) is 0 Å². The summed E-state index contributed by atoms with van der Waals surface area (Å²) in [7, 11) is 1.55. The summed E-state index contributed by atoms with van der Waals surface area (Å²) >= 11 is 0. The second kappa shape index (κ2) is 5.09. The maximum absolute atomic E-state index is 11.3. The molecule has 0 saturated carbocycles. The van der Waals surface area contributed by atoms with Crippen molar-refractivity contribution in [1.82, 2.24) is 9.88 Å². The van der Waals surface area contributed by atoms with Crippen molar-refractivity contribution in [2.24, 2.45) is 5.73 Å². The van der Waals surface area contributed by atoms with Crippen molar-refractivity contribution in [3.8, 4) is 0 Å². The second-order valence-electron chi connectivity index (χ2n) is 4.38. The van der Waals surface area contributed by atoms with Crippen molar-refractivity contribution in [1.29, 1.82) is 0 Å². The van der Waals surface area contributed by atoms with E-state index in [0.29, 0.717) is 18.9 Å². The van der Waals surface area contributed by atoms with E-state index in [1.807, 2.05) is 18.2 Å². The Hall–Kier alpha value is -2.37. The predicted octanol–water partition coefficient (Wildman–Crippen LogP) is 0.622. The van der Waals surface area contributed by atoms with Crippen molar-refractivity contribution < 1.29 is 14.0 Å². The molecule has 0 aliphatic heterocycles. The maximum atomic E-state index is 11.3. The summed E-state index contributed by atoms with van der Waals surface area (Å²) in [5, 5.41) is 0. The third-order valence-corrected chi connectivity index (χ3v) is 2.85. The van der Waals surface area contributed by atoms with Gasteiger partial charge in [0, 0.05) is 20.5 Å². The molecule has 2 rings (SSSR count). The quantitative estimate of drug-likeness (QED) is 0.820. The van der Waals surface area contributed by atoms with E-state index in [1.54, 1.807) is 14.0 Å². The molecule has 0 spiro atoms. The number of carbonyl (C=O) groups excluding carboxylic acids is 2. The molecule has 0 aliphatic rings. The van der Waals surface area contributed by atoms with Crippen LogP contribution >= 0.6 is 0 Å². The van der Waals surface area contributed by atoms with E-state index >= 15 is 0 Å². The van der Waals surface area contributed by atoms with Gasteiger partial charge in [0.05, 0.1) is 0 Å². The minimum Gasteiger partial charge on any atom is -0.441 e. The summed E-state index contributed by atoms with van der Waals surface area (Å²) < 4.78 is 5.44. The van der Waals surface area contributed by atoms with Crippen molar-refractivity contribution in [3.63, 3.8) is 0 Å². The van der Waals surface area contributed by atoms with Gasteiger partial charge in [0.15, 0.2) is 11.5 Å². The highest BCUT2D eigenvalue weighted by Gasteiger charge is 2.14. The molecule has 100 valence electrons. The first-order valence-corrected chi connectivity index (χ1v) is 5.88. The van der Waals surface area contributed by atoms with Crippen molar-refractivity contribution >= 4 is 22.9 Å². The summed E-state index contributed by atoms with van der Waals surface area (Å²) in [5.41, 5.74) is 7.47. The highest BCUT2D eigenvalue weighted by molar-refractivity contribution is 6.34. The van der Waals surface area contributed by atoms with Gasteiger partial charge in [-0.1, -0.05) is 6.07 Å². The second-order valence-corrected chi connectivity index (χ2v) is 4.38. The molecule has 1 aromatic heterocycles. The van der Waals surface area contributed by atoms with Gasteiger partial charge in [-0.25, -0.2) is 4.98 Å². The number of rotatable bonds is 3. The van der Waals surface area contributed by atoms with Crippen LogP contribution in [0.25, 0.3) is 11.1 Å². The summed E-state index contributed by atoms with van der Waals surface area (Å²) in [6.45, 7) is 2.21. The molecule has 0 fully saturated rings. The van der Waals surface area contributed by atoms with Crippen molar-refractivity contribution in [2.45, 2.75) is 13.3 Å². The molecule has 2 amide bonds. The Bertz CT molecular complexity index is 633. The monoisotopic (exact) mass is 261 g/mol. The molecule has 19 heavy (non-hydrogen) atoms. The summed E-state index contributed by atoms with van der Waals surface area (Å²) in [6, 6.07) is 5.68. The molecule has 6 heteroatoms. The van der Waals surface area contributed by atoms with E-state index in [9.17, 15) is 9.59 Å². The van der Waals surface area contributed by atoms with Gasteiger partial charge < -0.3 is 15.1 Å². The lowest BCUT2D eigenvalue weighted by molar-refractivity contribution is -0.143. The molecule has 2 aromatic rings. The first kappa shape index (κ1) is 13.1. The SMILES string of the molecule is Cc1nc2ccc(CCN(C)C(=O)C(N)=O)cc2o1. The first-order chi connectivity index (χ1) is 8.97. The number of carbonyl (C=O) groups is 2. The van der Waals surface area contributed by atoms with Crippen LogP contribution in [0.2, 0.25) is 0 Å². The average Bonchev–Trinajstić information content (AvgIpc) is 2.74. The minimum absolute atomic E-state index is 0.417. The van der Waals surface area contributed by atoms with Crippen LogP contribution in [0.4, 0.5) is 0 Å². The van der Waals surface area contributed by atoms with Crippen molar-refractivity contribution in [3.05, 3.63) is 29.7 Å². The summed E-state index contributed by atoms with van der Waals surface area (Å²) in [4.78, 5) is 27.6. The topological polar surface area (TPSA) is 89.4 Å². The molecular formula is C13H15N3O3.